The van der Waals surface area contributed by atoms with E-state index in [0.717, 1.165) is 0 Å². The third-order valence-electron chi connectivity index (χ3n) is 6.54. The topological polar surface area (TPSA) is 136 Å². The summed E-state index contributed by atoms with van der Waals surface area (Å²) in [6.07, 6.45) is -3.60. The number of anilines is 1. The Hall–Kier alpha value is -4.74. The molecule has 1 aliphatic heterocycles. The number of esters is 3. The van der Waals surface area contributed by atoms with E-state index in [4.69, 9.17) is 24.7 Å². The summed E-state index contributed by atoms with van der Waals surface area (Å²) in [5.41, 5.74) is 6.27. The summed E-state index contributed by atoms with van der Waals surface area (Å²) in [4.78, 5) is 52.4. The van der Waals surface area contributed by atoms with Gasteiger partial charge in [-0.2, -0.15) is 0 Å². The number of nitrogens with two attached hydrogens (primary N) is 1. The zero-order chi connectivity index (χ0) is 29.6. The number of hydrogen-bond donors (Lipinski definition) is 1. The smallest absolute Gasteiger partial charge is 0.338 e. The molecule has 0 bridgehead atoms. The first-order valence-corrected chi connectivity index (χ1v) is 13.7. The van der Waals surface area contributed by atoms with Crippen LogP contribution in [0.25, 0.3) is 0 Å². The van der Waals surface area contributed by atoms with E-state index in [1.165, 1.54) is 16.8 Å². The highest BCUT2D eigenvalue weighted by Crippen LogP contribution is 2.35. The number of aromatic nitrogens is 1. The highest BCUT2D eigenvalue weighted by atomic mass is 79.9. The number of pyridine rings is 1. The van der Waals surface area contributed by atoms with Gasteiger partial charge in [0.05, 0.1) is 22.4 Å². The monoisotopic (exact) mass is 632 g/mol. The minimum atomic E-state index is -1.32. The maximum atomic E-state index is 13.2. The van der Waals surface area contributed by atoms with Crippen molar-refractivity contribution in [3.8, 4) is 0 Å². The Morgan fingerprint density at radius 1 is 0.738 bits per heavy atom. The first kappa shape index (κ1) is 28.8. The van der Waals surface area contributed by atoms with Crippen molar-refractivity contribution in [1.29, 1.82) is 0 Å². The van der Waals surface area contributed by atoms with Crippen LogP contribution in [-0.2, 0) is 18.9 Å². The van der Waals surface area contributed by atoms with Crippen molar-refractivity contribution in [3.63, 3.8) is 0 Å². The van der Waals surface area contributed by atoms with Crippen molar-refractivity contribution >= 4 is 39.5 Å². The van der Waals surface area contributed by atoms with E-state index in [9.17, 15) is 19.2 Å². The minimum Gasteiger partial charge on any atom is -0.459 e. The lowest BCUT2D eigenvalue weighted by Gasteiger charge is -2.25. The molecule has 4 aromatic rings. The molecule has 11 heteroatoms. The number of nitrogens with zero attached hydrogens (tertiary/aromatic N) is 1. The molecule has 0 unspecified atom stereocenters. The second kappa shape index (κ2) is 12.8. The summed E-state index contributed by atoms with van der Waals surface area (Å²) in [5, 5.41) is 0. The third-order valence-corrected chi connectivity index (χ3v) is 7.34. The summed E-state index contributed by atoms with van der Waals surface area (Å²) < 4.78 is 24.7. The fourth-order valence-electron chi connectivity index (χ4n) is 4.42. The first-order valence-electron chi connectivity index (χ1n) is 12.9. The average molecular weight is 633 g/mol. The van der Waals surface area contributed by atoms with Crippen LogP contribution in [-0.4, -0.2) is 47.4 Å². The predicted molar refractivity (Wildman–Crippen MR) is 155 cm³/mol. The number of halogens is 1. The lowest BCUT2D eigenvalue weighted by atomic mass is 10.1. The average Bonchev–Trinajstić information content (AvgIpc) is 3.35. The molecule has 1 aliphatic rings. The first-order chi connectivity index (χ1) is 20.3. The summed E-state index contributed by atoms with van der Waals surface area (Å²) in [6.45, 7) is -0.374. The molecule has 42 heavy (non-hydrogen) atoms. The van der Waals surface area contributed by atoms with Gasteiger partial charge in [-0.05, 0) is 58.4 Å². The van der Waals surface area contributed by atoms with Gasteiger partial charge < -0.3 is 24.7 Å². The number of benzene rings is 3. The van der Waals surface area contributed by atoms with Crippen LogP contribution in [0, 0.1) is 0 Å². The molecule has 0 spiro atoms. The van der Waals surface area contributed by atoms with Gasteiger partial charge >= 0.3 is 17.9 Å². The van der Waals surface area contributed by atoms with E-state index in [2.05, 4.69) is 15.9 Å². The largest absolute Gasteiger partial charge is 0.459 e. The van der Waals surface area contributed by atoms with Gasteiger partial charge in [0, 0.05) is 6.20 Å². The van der Waals surface area contributed by atoms with Crippen molar-refractivity contribution < 1.29 is 33.3 Å². The maximum absolute atomic E-state index is 13.2. The van der Waals surface area contributed by atoms with Crippen LogP contribution in [0.5, 0.6) is 0 Å². The molecule has 4 atom stereocenters. The lowest BCUT2D eigenvalue weighted by molar-refractivity contribution is -0.0635. The molecule has 0 aliphatic carbocycles. The number of ether oxygens (including phenoxy) is 4. The molecule has 2 N–H and O–H groups in total. The Morgan fingerprint density at radius 3 is 1.74 bits per heavy atom. The highest BCUT2D eigenvalue weighted by Gasteiger charge is 2.51. The van der Waals surface area contributed by atoms with Crippen LogP contribution in [0.4, 0.5) is 5.69 Å². The summed E-state index contributed by atoms with van der Waals surface area (Å²) in [6, 6.07) is 26.2. The van der Waals surface area contributed by atoms with Gasteiger partial charge in [0.1, 0.15) is 17.2 Å². The zero-order valence-electron chi connectivity index (χ0n) is 22.0. The molecular formula is C31H25BrN2O8. The molecule has 1 aromatic heterocycles. The van der Waals surface area contributed by atoms with E-state index in [0.29, 0.717) is 5.56 Å². The van der Waals surface area contributed by atoms with E-state index >= 15 is 0 Å². The second-order valence-corrected chi connectivity index (χ2v) is 10.1. The molecule has 3 aromatic carbocycles. The molecule has 1 saturated heterocycles. The molecule has 1 fully saturated rings. The van der Waals surface area contributed by atoms with Crippen molar-refractivity contribution in [2.24, 2.45) is 0 Å². The quantitative estimate of drug-likeness (QED) is 0.221. The van der Waals surface area contributed by atoms with Crippen LogP contribution < -0.4 is 11.3 Å². The van der Waals surface area contributed by atoms with Gasteiger partial charge in [-0.25, -0.2) is 14.4 Å². The fraction of sp³-hybridized carbons (Fsp3) is 0.161. The van der Waals surface area contributed by atoms with Crippen molar-refractivity contribution in [3.05, 3.63) is 135 Å². The van der Waals surface area contributed by atoms with Gasteiger partial charge in [-0.1, -0.05) is 54.6 Å². The van der Waals surface area contributed by atoms with Crippen LogP contribution in [0.15, 0.2) is 113 Å². The maximum Gasteiger partial charge on any atom is 0.338 e. The zero-order valence-corrected chi connectivity index (χ0v) is 23.6. The number of carbonyl (C=O) groups is 3. The van der Waals surface area contributed by atoms with Crippen LogP contribution in [0.3, 0.4) is 0 Å². The molecule has 5 rings (SSSR count). The van der Waals surface area contributed by atoms with Crippen LogP contribution in [0.2, 0.25) is 0 Å². The number of carbonyl (C=O) groups excluding carboxylic acids is 3. The normalized spacial score (nSPS) is 19.5. The van der Waals surface area contributed by atoms with E-state index in [1.807, 2.05) is 0 Å². The van der Waals surface area contributed by atoms with Gasteiger partial charge in [-0.3, -0.25) is 9.36 Å². The Labute approximate surface area is 248 Å². The Kier molecular flexibility index (Phi) is 8.80. The molecular weight excluding hydrogens is 608 g/mol. The SMILES string of the molecule is Nc1ccn([C@@H]2O[C@H](COC(=O)c3ccccc3)[C@@H](OC(=O)c3ccccc3)[C@H]2OC(=O)c2ccccc2)c(=O)c1Br. The summed E-state index contributed by atoms with van der Waals surface area (Å²) in [5.74, 6) is -2.10. The highest BCUT2D eigenvalue weighted by molar-refractivity contribution is 9.10. The molecule has 2 heterocycles. The minimum absolute atomic E-state index is 0.0681. The van der Waals surface area contributed by atoms with Crippen molar-refractivity contribution in [2.45, 2.75) is 24.5 Å². The van der Waals surface area contributed by atoms with Crippen molar-refractivity contribution in [2.75, 3.05) is 12.3 Å². The number of nitrogen functional groups attached to an aromatic ring is 1. The summed E-state index contributed by atoms with van der Waals surface area (Å²) >= 11 is 3.19. The van der Waals surface area contributed by atoms with Gasteiger partial charge in [0.25, 0.3) is 5.56 Å². The Morgan fingerprint density at radius 2 is 1.21 bits per heavy atom. The predicted octanol–water partition coefficient (Wildman–Crippen LogP) is 4.40. The molecule has 0 saturated carbocycles. The van der Waals surface area contributed by atoms with E-state index in [-0.39, 0.29) is 27.9 Å². The Balaban J connectivity index is 1.51. The van der Waals surface area contributed by atoms with E-state index in [1.54, 1.807) is 91.0 Å². The standard InChI is InChI=1S/C31H25BrN2O8/c32-24-22(33)16-17-34(27(24)35)28-26(42-31(38)21-14-8-3-9-15-21)25(41-30(37)20-12-6-2-7-13-20)23(40-28)18-39-29(36)19-10-4-1-5-11-19/h1-17,23,25-26,28H,18,33H2/t23-,25-,26-,28-/m1/s1. The number of hydrogen-bond acceptors (Lipinski definition) is 9. The third kappa shape index (κ3) is 6.27. The molecule has 10 nitrogen and oxygen atoms in total. The number of rotatable bonds is 8. The van der Waals surface area contributed by atoms with Crippen LogP contribution >= 0.6 is 15.9 Å². The van der Waals surface area contributed by atoms with Crippen molar-refractivity contribution in [1.82, 2.24) is 4.57 Å². The van der Waals surface area contributed by atoms with E-state index < -0.39 is 48.0 Å². The van der Waals surface area contributed by atoms with Gasteiger partial charge in [-0.15, -0.1) is 0 Å². The van der Waals surface area contributed by atoms with Crippen LogP contribution in [0.1, 0.15) is 37.3 Å². The summed E-state index contributed by atoms with van der Waals surface area (Å²) in [7, 11) is 0. The second-order valence-electron chi connectivity index (χ2n) is 9.30. The Bertz CT molecular complexity index is 1630. The lowest BCUT2D eigenvalue weighted by Crippen LogP contribution is -2.42. The molecule has 0 radical (unpaired) electrons. The fourth-order valence-corrected chi connectivity index (χ4v) is 4.76. The van der Waals surface area contributed by atoms with Gasteiger partial charge in [0.2, 0.25) is 0 Å². The molecule has 0 amide bonds. The molecule has 214 valence electrons. The van der Waals surface area contributed by atoms with Gasteiger partial charge in [0.15, 0.2) is 18.4 Å².